The van der Waals surface area contributed by atoms with Crippen LogP contribution in [0.15, 0.2) is 34.9 Å². The molecule has 0 saturated carbocycles. The lowest BCUT2D eigenvalue weighted by Gasteiger charge is -2.07. The Kier molecular flexibility index (Phi) is 3.13. The van der Waals surface area contributed by atoms with Gasteiger partial charge in [0, 0.05) is 0 Å². The fraction of sp³-hybridized carbons (Fsp3) is 0.0909. The Morgan fingerprint density at radius 1 is 1.28 bits per heavy atom. The molecule has 0 aliphatic rings. The second kappa shape index (κ2) is 4.45. The van der Waals surface area contributed by atoms with Crippen molar-refractivity contribution in [1.82, 2.24) is 4.98 Å². The third kappa shape index (κ3) is 2.38. The Morgan fingerprint density at radius 2 is 2.00 bits per heavy atom. The zero-order valence-corrected chi connectivity index (χ0v) is 9.42. The van der Waals surface area contributed by atoms with Crippen LogP contribution in [-0.4, -0.2) is 10.8 Å². The number of nitrogens with zero attached hydrogens (tertiary/aromatic N) is 1. The molecule has 0 atom stereocenters. The molecule has 0 aromatic carbocycles. The molecule has 0 bridgehead atoms. The van der Waals surface area contributed by atoms with Gasteiger partial charge in [0.1, 0.15) is 10.8 Å². The van der Waals surface area contributed by atoms with Crippen molar-refractivity contribution in [3.8, 4) is 0 Å². The van der Waals surface area contributed by atoms with Crippen LogP contribution in [-0.2, 0) is 6.18 Å². The third-order valence-electron chi connectivity index (χ3n) is 2.13. The van der Waals surface area contributed by atoms with Gasteiger partial charge in [0.05, 0.1) is 11.8 Å². The van der Waals surface area contributed by atoms with E-state index in [0.29, 0.717) is 6.07 Å². The Labute approximate surface area is 104 Å². The van der Waals surface area contributed by atoms with E-state index in [1.807, 2.05) is 0 Å². The van der Waals surface area contributed by atoms with Gasteiger partial charge in [-0.05, 0) is 24.3 Å². The van der Waals surface area contributed by atoms with Crippen molar-refractivity contribution >= 4 is 17.4 Å². The number of carbonyl (C=O) groups is 1. The van der Waals surface area contributed by atoms with Gasteiger partial charge in [-0.3, -0.25) is 4.79 Å². The molecule has 18 heavy (non-hydrogen) atoms. The highest BCUT2D eigenvalue weighted by atomic mass is 35.5. The number of pyridine rings is 1. The molecular formula is C11H5ClF3NO2. The summed E-state index contributed by atoms with van der Waals surface area (Å²) >= 11 is 5.57. The molecule has 94 valence electrons. The number of alkyl halides is 3. The Hall–Kier alpha value is -1.82. The number of hydrogen-bond acceptors (Lipinski definition) is 3. The zero-order valence-electron chi connectivity index (χ0n) is 8.66. The minimum absolute atomic E-state index is 0.0153. The smallest absolute Gasteiger partial charge is 0.433 e. The molecule has 0 aliphatic heterocycles. The van der Waals surface area contributed by atoms with E-state index in [9.17, 15) is 18.0 Å². The quantitative estimate of drug-likeness (QED) is 0.621. The summed E-state index contributed by atoms with van der Waals surface area (Å²) in [7, 11) is 0. The first-order valence-corrected chi connectivity index (χ1v) is 5.09. The summed E-state index contributed by atoms with van der Waals surface area (Å²) < 4.78 is 41.9. The van der Waals surface area contributed by atoms with E-state index < -0.39 is 22.8 Å². The second-order valence-corrected chi connectivity index (χ2v) is 3.70. The Bertz CT molecular complexity index is 578. The summed E-state index contributed by atoms with van der Waals surface area (Å²) in [5.41, 5.74) is -1.29. The van der Waals surface area contributed by atoms with Crippen molar-refractivity contribution in [2.24, 2.45) is 0 Å². The number of aromatic nitrogens is 1. The normalized spacial score (nSPS) is 11.6. The molecule has 0 N–H and O–H groups in total. The summed E-state index contributed by atoms with van der Waals surface area (Å²) in [6.45, 7) is 0. The van der Waals surface area contributed by atoms with Crippen LogP contribution in [0.5, 0.6) is 0 Å². The molecule has 2 aromatic rings. The minimum Gasteiger partial charge on any atom is -0.461 e. The fourth-order valence-electron chi connectivity index (χ4n) is 1.30. The van der Waals surface area contributed by atoms with Crippen LogP contribution in [0.2, 0.25) is 5.15 Å². The summed E-state index contributed by atoms with van der Waals surface area (Å²) in [6, 6.07) is 4.54. The van der Waals surface area contributed by atoms with E-state index >= 15 is 0 Å². The number of hydrogen-bond donors (Lipinski definition) is 0. The van der Waals surface area contributed by atoms with E-state index in [0.717, 1.165) is 6.07 Å². The zero-order chi connectivity index (χ0) is 13.3. The largest absolute Gasteiger partial charge is 0.461 e. The fourth-order valence-corrected chi connectivity index (χ4v) is 1.54. The van der Waals surface area contributed by atoms with Gasteiger partial charge in [0.25, 0.3) is 0 Å². The van der Waals surface area contributed by atoms with Gasteiger partial charge in [0.15, 0.2) is 5.76 Å². The van der Waals surface area contributed by atoms with Crippen LogP contribution >= 0.6 is 11.6 Å². The minimum atomic E-state index is -4.60. The van der Waals surface area contributed by atoms with Crippen molar-refractivity contribution in [3.05, 3.63) is 52.7 Å². The second-order valence-electron chi connectivity index (χ2n) is 3.34. The molecule has 0 aliphatic carbocycles. The topological polar surface area (TPSA) is 43.1 Å². The van der Waals surface area contributed by atoms with E-state index in [-0.39, 0.29) is 11.3 Å². The number of ketones is 1. The highest BCUT2D eigenvalue weighted by Crippen LogP contribution is 2.30. The van der Waals surface area contributed by atoms with Gasteiger partial charge in [-0.2, -0.15) is 13.2 Å². The van der Waals surface area contributed by atoms with Crippen molar-refractivity contribution in [3.63, 3.8) is 0 Å². The summed E-state index contributed by atoms with van der Waals surface area (Å²) in [4.78, 5) is 14.9. The maximum absolute atomic E-state index is 12.3. The average Bonchev–Trinajstić information content (AvgIpc) is 2.80. The molecule has 0 amide bonds. The predicted molar refractivity (Wildman–Crippen MR) is 56.4 cm³/mol. The Balaban J connectivity index is 2.40. The van der Waals surface area contributed by atoms with Crippen LogP contribution < -0.4 is 0 Å². The van der Waals surface area contributed by atoms with Gasteiger partial charge in [-0.15, -0.1) is 0 Å². The summed E-state index contributed by atoms with van der Waals surface area (Å²) in [5, 5.41) is -0.508. The number of carbonyl (C=O) groups excluding carboxylic acids is 1. The lowest BCUT2D eigenvalue weighted by molar-refractivity contribution is -0.141. The highest BCUT2D eigenvalue weighted by Gasteiger charge is 2.33. The van der Waals surface area contributed by atoms with Crippen LogP contribution in [0, 0.1) is 0 Å². The SMILES string of the molecule is O=C(c1ccco1)c1ccc(C(F)(F)F)nc1Cl. The standard InChI is InChI=1S/C11H5ClF3NO2/c12-10-6(9(17)7-2-1-5-18-7)3-4-8(16-10)11(13,14)15/h1-5H. The van der Waals surface area contributed by atoms with Crippen molar-refractivity contribution in [2.45, 2.75) is 6.18 Å². The van der Waals surface area contributed by atoms with Crippen LogP contribution in [0.25, 0.3) is 0 Å². The monoisotopic (exact) mass is 275 g/mol. The molecule has 0 fully saturated rings. The van der Waals surface area contributed by atoms with E-state index in [1.165, 1.54) is 18.4 Å². The molecule has 0 radical (unpaired) electrons. The lowest BCUT2D eigenvalue weighted by Crippen LogP contribution is -2.10. The highest BCUT2D eigenvalue weighted by molar-refractivity contribution is 6.33. The number of furan rings is 1. The first-order chi connectivity index (χ1) is 8.39. The Morgan fingerprint density at radius 3 is 2.50 bits per heavy atom. The number of rotatable bonds is 2. The molecule has 0 saturated heterocycles. The molecule has 2 rings (SSSR count). The van der Waals surface area contributed by atoms with Gasteiger partial charge in [-0.25, -0.2) is 4.98 Å². The molecule has 0 unspecified atom stereocenters. The van der Waals surface area contributed by atoms with Gasteiger partial charge in [0.2, 0.25) is 5.78 Å². The van der Waals surface area contributed by atoms with Gasteiger partial charge in [-0.1, -0.05) is 11.6 Å². The molecular weight excluding hydrogens is 271 g/mol. The summed E-state index contributed by atoms with van der Waals surface area (Å²) in [5.74, 6) is -0.635. The molecule has 2 heterocycles. The number of halogens is 4. The molecule has 0 spiro atoms. The predicted octanol–water partition coefficient (Wildman–Crippen LogP) is 3.58. The lowest BCUT2D eigenvalue weighted by atomic mass is 10.1. The van der Waals surface area contributed by atoms with Crippen LogP contribution in [0.4, 0.5) is 13.2 Å². The van der Waals surface area contributed by atoms with Crippen LogP contribution in [0.1, 0.15) is 21.8 Å². The maximum Gasteiger partial charge on any atom is 0.433 e. The van der Waals surface area contributed by atoms with Crippen LogP contribution in [0.3, 0.4) is 0 Å². The average molecular weight is 276 g/mol. The van der Waals surface area contributed by atoms with E-state index in [2.05, 4.69) is 4.98 Å². The molecule has 2 aromatic heterocycles. The van der Waals surface area contributed by atoms with Gasteiger partial charge >= 0.3 is 6.18 Å². The summed E-state index contributed by atoms with van der Waals surface area (Å²) in [6.07, 6.45) is -3.32. The molecule has 3 nitrogen and oxygen atoms in total. The maximum atomic E-state index is 12.3. The van der Waals surface area contributed by atoms with Crippen molar-refractivity contribution in [2.75, 3.05) is 0 Å². The van der Waals surface area contributed by atoms with Crippen molar-refractivity contribution < 1.29 is 22.4 Å². The first kappa shape index (κ1) is 12.6. The molecule has 7 heteroatoms. The van der Waals surface area contributed by atoms with E-state index in [1.54, 1.807) is 0 Å². The van der Waals surface area contributed by atoms with Gasteiger partial charge < -0.3 is 4.42 Å². The third-order valence-corrected chi connectivity index (χ3v) is 2.42. The van der Waals surface area contributed by atoms with E-state index in [4.69, 9.17) is 16.0 Å². The first-order valence-electron chi connectivity index (χ1n) is 4.71. The van der Waals surface area contributed by atoms with Crippen molar-refractivity contribution in [1.29, 1.82) is 0 Å².